The maximum atomic E-state index is 12.8. The van der Waals surface area contributed by atoms with Crippen LogP contribution in [0.15, 0.2) is 40.6 Å². The molecular formula is C15H14ClF2N5O2. The van der Waals surface area contributed by atoms with Gasteiger partial charge in [0.15, 0.2) is 0 Å². The molecule has 1 aromatic carbocycles. The Hall–Kier alpha value is -2.65. The van der Waals surface area contributed by atoms with Crippen molar-refractivity contribution in [3.05, 3.63) is 46.7 Å². The summed E-state index contributed by atoms with van der Waals surface area (Å²) in [6.45, 7) is -0.342. The summed E-state index contributed by atoms with van der Waals surface area (Å²) in [5.74, 6) is 5.25. The van der Waals surface area contributed by atoms with Gasteiger partial charge < -0.3 is 15.7 Å². The van der Waals surface area contributed by atoms with Gasteiger partial charge in [-0.2, -0.15) is 10.1 Å². The second-order valence-corrected chi connectivity index (χ2v) is 5.07. The molecule has 2 rings (SSSR count). The minimum absolute atomic E-state index is 0.0348. The summed E-state index contributed by atoms with van der Waals surface area (Å²) in [7, 11) is 0. The molecule has 10 heteroatoms. The summed E-state index contributed by atoms with van der Waals surface area (Å²) in [4.78, 5) is 11.8. The largest absolute Gasteiger partial charge is 0.457 e. The van der Waals surface area contributed by atoms with Gasteiger partial charge in [0.1, 0.15) is 12.3 Å². The molecule has 0 saturated carbocycles. The van der Waals surface area contributed by atoms with Gasteiger partial charge in [0.2, 0.25) is 0 Å². The lowest BCUT2D eigenvalue weighted by Gasteiger charge is -2.05. The third-order valence-corrected chi connectivity index (χ3v) is 3.29. The van der Waals surface area contributed by atoms with Crippen molar-refractivity contribution in [3.63, 3.8) is 0 Å². The maximum Gasteiger partial charge on any atom is 0.317 e. The molecule has 25 heavy (non-hydrogen) atoms. The Balaban J connectivity index is 2.04. The lowest BCUT2D eigenvalue weighted by atomic mass is 10.2. The number of hydrogen-bond donors (Lipinski definition) is 2. The fraction of sp³-hybridized carbons (Fsp3) is 0.200. The molecule has 0 radical (unpaired) electrons. The maximum absolute atomic E-state index is 12.8. The van der Waals surface area contributed by atoms with Crippen LogP contribution in [0, 0.1) is 0 Å². The average Bonchev–Trinajstić information content (AvgIpc) is 2.63. The molecule has 0 fully saturated rings. The van der Waals surface area contributed by atoms with Crippen molar-refractivity contribution < 1.29 is 18.6 Å². The van der Waals surface area contributed by atoms with Crippen LogP contribution in [0.5, 0.6) is 6.01 Å². The predicted octanol–water partition coefficient (Wildman–Crippen LogP) is 2.66. The average molecular weight is 370 g/mol. The van der Waals surface area contributed by atoms with E-state index in [0.29, 0.717) is 5.69 Å². The van der Waals surface area contributed by atoms with Crippen molar-refractivity contribution in [2.24, 2.45) is 15.9 Å². The molecular weight excluding hydrogens is 356 g/mol. The molecule has 0 aliphatic heterocycles. The van der Waals surface area contributed by atoms with Crippen LogP contribution in [-0.4, -0.2) is 33.6 Å². The van der Waals surface area contributed by atoms with Crippen LogP contribution in [0.25, 0.3) is 0 Å². The van der Waals surface area contributed by atoms with Crippen LogP contribution >= 0.6 is 11.6 Å². The van der Waals surface area contributed by atoms with Gasteiger partial charge in [0, 0.05) is 16.8 Å². The van der Waals surface area contributed by atoms with Crippen LogP contribution in [-0.2, 0) is 6.61 Å². The highest BCUT2D eigenvalue weighted by atomic mass is 35.5. The van der Waals surface area contributed by atoms with E-state index in [-0.39, 0.29) is 41.2 Å². The summed E-state index contributed by atoms with van der Waals surface area (Å²) >= 11 is 5.70. The molecule has 0 spiro atoms. The third-order valence-electron chi connectivity index (χ3n) is 2.95. The number of aliphatic imine (C=N–C) groups is 1. The van der Waals surface area contributed by atoms with Crippen LogP contribution in [0.4, 0.5) is 14.5 Å². The van der Waals surface area contributed by atoms with Crippen molar-refractivity contribution in [3.8, 4) is 6.01 Å². The fourth-order valence-electron chi connectivity index (χ4n) is 1.71. The van der Waals surface area contributed by atoms with E-state index in [1.165, 1.54) is 36.7 Å². The van der Waals surface area contributed by atoms with E-state index in [1.54, 1.807) is 0 Å². The molecule has 0 aliphatic rings. The normalized spacial score (nSPS) is 12.1. The van der Waals surface area contributed by atoms with Gasteiger partial charge in [0.25, 0.3) is 6.43 Å². The van der Waals surface area contributed by atoms with Gasteiger partial charge in [-0.1, -0.05) is 11.6 Å². The first-order valence-electron chi connectivity index (χ1n) is 6.97. The third kappa shape index (κ3) is 5.44. The number of rotatable bonds is 7. The summed E-state index contributed by atoms with van der Waals surface area (Å²) in [5, 5.41) is 12.5. The number of nitrogens with zero attached hydrogens (tertiary/aromatic N) is 4. The minimum Gasteiger partial charge on any atom is -0.457 e. The van der Waals surface area contributed by atoms with Crippen LogP contribution in [0.1, 0.15) is 17.7 Å². The van der Waals surface area contributed by atoms with Crippen LogP contribution in [0.2, 0.25) is 5.02 Å². The van der Waals surface area contributed by atoms with Gasteiger partial charge in [0.05, 0.1) is 24.2 Å². The van der Waals surface area contributed by atoms with Crippen molar-refractivity contribution in [2.45, 2.75) is 13.0 Å². The summed E-state index contributed by atoms with van der Waals surface area (Å²) in [6.07, 6.45) is -0.000522. The number of hydrogen-bond acceptors (Lipinski definition) is 7. The molecule has 0 amide bonds. The van der Waals surface area contributed by atoms with Gasteiger partial charge in [-0.05, 0) is 24.3 Å². The lowest BCUT2D eigenvalue weighted by Crippen LogP contribution is -2.16. The van der Waals surface area contributed by atoms with Crippen LogP contribution < -0.4 is 10.6 Å². The van der Waals surface area contributed by atoms with Gasteiger partial charge in [-0.3, -0.25) is 4.99 Å². The van der Waals surface area contributed by atoms with Crippen molar-refractivity contribution >= 4 is 29.2 Å². The standard InChI is InChI=1S/C15H14ClF2N5O2/c16-13-2-1-9(5-12(13)14(17)18)21-6-11(23-19)8-25-15-20-4-3-10(7-24)22-15/h1-6,14,24H,7-8,19H2. The van der Waals surface area contributed by atoms with Gasteiger partial charge in [-0.15, -0.1) is 0 Å². The van der Waals surface area contributed by atoms with Crippen molar-refractivity contribution in [1.29, 1.82) is 0 Å². The zero-order chi connectivity index (χ0) is 18.2. The van der Waals surface area contributed by atoms with E-state index in [0.717, 1.165) is 0 Å². The number of nitrogens with two attached hydrogens (primary N) is 1. The lowest BCUT2D eigenvalue weighted by molar-refractivity contribution is 0.151. The molecule has 0 atom stereocenters. The smallest absolute Gasteiger partial charge is 0.317 e. The van der Waals surface area contributed by atoms with E-state index in [4.69, 9.17) is 27.3 Å². The Kier molecular flexibility index (Phi) is 6.72. The Morgan fingerprint density at radius 2 is 2.20 bits per heavy atom. The first-order chi connectivity index (χ1) is 12.0. The Bertz CT molecular complexity index is 786. The molecule has 0 bridgehead atoms. The minimum atomic E-state index is -2.70. The molecule has 0 unspecified atom stereocenters. The highest BCUT2D eigenvalue weighted by molar-refractivity contribution is 6.32. The first kappa shape index (κ1) is 18.7. The molecule has 0 aliphatic carbocycles. The molecule has 1 aromatic heterocycles. The number of halogens is 3. The van der Waals surface area contributed by atoms with Crippen molar-refractivity contribution in [1.82, 2.24) is 9.97 Å². The summed E-state index contributed by atoms with van der Waals surface area (Å²) < 4.78 is 30.9. The monoisotopic (exact) mass is 369 g/mol. The number of hydrazone groups is 1. The summed E-state index contributed by atoms with van der Waals surface area (Å²) in [6, 6.07) is 5.56. The highest BCUT2D eigenvalue weighted by Crippen LogP contribution is 2.30. The topological polar surface area (TPSA) is 106 Å². The van der Waals surface area contributed by atoms with Gasteiger partial charge >= 0.3 is 6.01 Å². The molecule has 2 aromatic rings. The second kappa shape index (κ2) is 9.00. The SMILES string of the molecule is NN=C(C=Nc1ccc(Cl)c(C(F)F)c1)COc1nccc(CO)n1. The van der Waals surface area contributed by atoms with E-state index in [9.17, 15) is 8.78 Å². The van der Waals surface area contributed by atoms with Crippen LogP contribution in [0.3, 0.4) is 0 Å². The highest BCUT2D eigenvalue weighted by Gasteiger charge is 2.12. The molecule has 0 saturated heterocycles. The number of ether oxygens (including phenoxy) is 1. The second-order valence-electron chi connectivity index (χ2n) is 4.66. The molecule has 1 heterocycles. The van der Waals surface area contributed by atoms with E-state index in [1.807, 2.05) is 0 Å². The van der Waals surface area contributed by atoms with E-state index < -0.39 is 6.43 Å². The first-order valence-corrected chi connectivity index (χ1v) is 7.35. The van der Waals surface area contributed by atoms with E-state index >= 15 is 0 Å². The Morgan fingerprint density at radius 3 is 2.88 bits per heavy atom. The summed E-state index contributed by atoms with van der Waals surface area (Å²) in [5.41, 5.74) is 0.574. The zero-order valence-corrected chi connectivity index (χ0v) is 13.6. The molecule has 3 N–H and O–H groups in total. The zero-order valence-electron chi connectivity index (χ0n) is 12.8. The number of aromatic nitrogens is 2. The number of aliphatic hydroxyl groups excluding tert-OH is 1. The number of benzene rings is 1. The quantitative estimate of drug-likeness (QED) is 0.443. The Morgan fingerprint density at radius 1 is 1.40 bits per heavy atom. The predicted molar refractivity (Wildman–Crippen MR) is 89.6 cm³/mol. The number of alkyl halides is 2. The van der Waals surface area contributed by atoms with Gasteiger partial charge in [-0.25, -0.2) is 13.8 Å². The number of aliphatic hydroxyl groups is 1. The van der Waals surface area contributed by atoms with Crippen molar-refractivity contribution in [2.75, 3.05) is 6.61 Å². The molecule has 7 nitrogen and oxygen atoms in total. The van der Waals surface area contributed by atoms with E-state index in [2.05, 4.69) is 20.1 Å². The fourth-order valence-corrected chi connectivity index (χ4v) is 1.91. The Labute approximate surface area is 146 Å². The molecule has 132 valence electrons.